The summed E-state index contributed by atoms with van der Waals surface area (Å²) in [6, 6.07) is 14.7. The molecule has 0 aromatic heterocycles. The van der Waals surface area contributed by atoms with Crippen molar-refractivity contribution in [1.29, 1.82) is 0 Å². The van der Waals surface area contributed by atoms with Crippen LogP contribution in [0.2, 0.25) is 0 Å². The molecule has 30 heavy (non-hydrogen) atoms. The molecule has 1 amide bonds. The highest BCUT2D eigenvalue weighted by Crippen LogP contribution is 2.43. The molecule has 1 heterocycles. The third-order valence-corrected chi connectivity index (χ3v) is 6.52. The number of amides is 1. The van der Waals surface area contributed by atoms with Crippen molar-refractivity contribution < 1.29 is 14.3 Å². The third-order valence-electron chi connectivity index (χ3n) is 6.52. The lowest BCUT2D eigenvalue weighted by molar-refractivity contribution is 0.172. The topological polar surface area (TPSA) is 47.6 Å². The van der Waals surface area contributed by atoms with Gasteiger partial charge in [-0.15, -0.1) is 0 Å². The monoisotopic (exact) mass is 399 g/mol. The SMILES string of the molecule is COc1cccc(C#CC2=Cc3ccc([C@H]4CC[C@]5(COC(=O)N5)C4)cc3CC2)c1. The predicted octanol–water partition coefficient (Wildman–Crippen LogP) is 4.82. The van der Waals surface area contributed by atoms with Crippen LogP contribution >= 0.6 is 0 Å². The van der Waals surface area contributed by atoms with E-state index in [-0.39, 0.29) is 11.6 Å². The minimum Gasteiger partial charge on any atom is -0.497 e. The van der Waals surface area contributed by atoms with Gasteiger partial charge in [-0.3, -0.25) is 0 Å². The van der Waals surface area contributed by atoms with Gasteiger partial charge in [0.2, 0.25) is 0 Å². The molecule has 2 fully saturated rings. The van der Waals surface area contributed by atoms with E-state index in [4.69, 9.17) is 9.47 Å². The minimum absolute atomic E-state index is 0.152. The summed E-state index contributed by atoms with van der Waals surface area (Å²) in [7, 11) is 1.67. The molecular formula is C26H25NO3. The molecule has 1 aliphatic heterocycles. The first-order valence-corrected chi connectivity index (χ1v) is 10.6. The van der Waals surface area contributed by atoms with Crippen LogP contribution in [0.1, 0.15) is 53.9 Å². The van der Waals surface area contributed by atoms with E-state index in [1.165, 1.54) is 22.3 Å². The lowest BCUT2D eigenvalue weighted by Crippen LogP contribution is -2.40. The van der Waals surface area contributed by atoms with Crippen LogP contribution < -0.4 is 10.1 Å². The smallest absolute Gasteiger partial charge is 0.407 e. The lowest BCUT2D eigenvalue weighted by Gasteiger charge is -2.21. The number of hydrogen-bond donors (Lipinski definition) is 1. The summed E-state index contributed by atoms with van der Waals surface area (Å²) >= 11 is 0. The fourth-order valence-corrected chi connectivity index (χ4v) is 4.87. The minimum atomic E-state index is -0.270. The molecule has 2 aromatic rings. The van der Waals surface area contributed by atoms with Crippen molar-refractivity contribution >= 4 is 12.2 Å². The van der Waals surface area contributed by atoms with Crippen LogP contribution in [0.15, 0.2) is 48.0 Å². The van der Waals surface area contributed by atoms with Gasteiger partial charge in [0.25, 0.3) is 0 Å². The number of aryl methyl sites for hydroxylation is 1. The third kappa shape index (κ3) is 3.68. The number of methoxy groups -OCH3 is 1. The zero-order valence-electron chi connectivity index (χ0n) is 17.2. The summed E-state index contributed by atoms with van der Waals surface area (Å²) in [6.07, 6.45) is 6.97. The Morgan fingerprint density at radius 1 is 1.17 bits per heavy atom. The second-order valence-corrected chi connectivity index (χ2v) is 8.53. The quantitative estimate of drug-likeness (QED) is 0.737. The zero-order valence-corrected chi connectivity index (χ0v) is 17.2. The first-order valence-electron chi connectivity index (χ1n) is 10.6. The van der Waals surface area contributed by atoms with Gasteiger partial charge in [0.15, 0.2) is 0 Å². The van der Waals surface area contributed by atoms with Gasteiger partial charge in [-0.05, 0) is 79.0 Å². The van der Waals surface area contributed by atoms with Crippen molar-refractivity contribution in [2.75, 3.05) is 13.7 Å². The molecule has 0 unspecified atom stereocenters. The van der Waals surface area contributed by atoms with Crippen LogP contribution in [0.5, 0.6) is 5.75 Å². The fourth-order valence-electron chi connectivity index (χ4n) is 4.87. The maximum absolute atomic E-state index is 11.5. The van der Waals surface area contributed by atoms with Crippen molar-refractivity contribution in [3.05, 3.63) is 70.3 Å². The Morgan fingerprint density at radius 3 is 2.93 bits per heavy atom. The largest absolute Gasteiger partial charge is 0.497 e. The Balaban J connectivity index is 1.32. The summed E-state index contributed by atoms with van der Waals surface area (Å²) < 4.78 is 10.4. The van der Waals surface area contributed by atoms with Gasteiger partial charge in [-0.1, -0.05) is 36.1 Å². The van der Waals surface area contributed by atoms with Gasteiger partial charge < -0.3 is 14.8 Å². The van der Waals surface area contributed by atoms with Crippen LogP contribution in [0.3, 0.4) is 0 Å². The molecule has 4 heteroatoms. The van der Waals surface area contributed by atoms with Crippen LogP contribution in [0, 0.1) is 11.8 Å². The highest BCUT2D eigenvalue weighted by molar-refractivity contribution is 5.71. The van der Waals surface area contributed by atoms with E-state index in [0.717, 1.165) is 43.4 Å². The van der Waals surface area contributed by atoms with Crippen molar-refractivity contribution in [2.24, 2.45) is 0 Å². The first-order chi connectivity index (χ1) is 14.6. The molecular weight excluding hydrogens is 374 g/mol. The summed E-state index contributed by atoms with van der Waals surface area (Å²) in [5.41, 5.74) is 6.03. The lowest BCUT2D eigenvalue weighted by atomic mass is 9.87. The Hall–Kier alpha value is -3.19. The molecule has 1 N–H and O–H groups in total. The summed E-state index contributed by atoms with van der Waals surface area (Å²) in [5, 5.41) is 3.04. The Kier molecular flexibility index (Phi) is 4.75. The van der Waals surface area contributed by atoms with Gasteiger partial charge in [-0.25, -0.2) is 4.79 Å². The molecule has 2 aromatic carbocycles. The number of hydrogen-bond acceptors (Lipinski definition) is 3. The summed E-state index contributed by atoms with van der Waals surface area (Å²) in [5.74, 6) is 7.91. The molecule has 1 saturated heterocycles. The molecule has 3 aliphatic rings. The first kappa shape index (κ1) is 18.8. The Labute approximate surface area is 177 Å². The van der Waals surface area contributed by atoms with Crippen molar-refractivity contribution in [1.82, 2.24) is 5.32 Å². The van der Waals surface area contributed by atoms with Crippen LogP contribution in [0.4, 0.5) is 4.79 Å². The average Bonchev–Trinajstić information content (AvgIpc) is 3.37. The van der Waals surface area contributed by atoms with Gasteiger partial charge in [0.1, 0.15) is 12.4 Å². The normalized spacial score (nSPS) is 24.4. The van der Waals surface area contributed by atoms with Gasteiger partial charge in [0.05, 0.1) is 12.6 Å². The number of rotatable bonds is 2. The number of carbonyl (C=O) groups is 1. The van der Waals surface area contributed by atoms with Gasteiger partial charge in [-0.2, -0.15) is 0 Å². The van der Waals surface area contributed by atoms with Crippen LogP contribution in [-0.2, 0) is 11.2 Å². The molecule has 5 rings (SSSR count). The van der Waals surface area contributed by atoms with Crippen molar-refractivity contribution in [3.8, 4) is 17.6 Å². The van der Waals surface area contributed by atoms with Crippen LogP contribution in [-0.4, -0.2) is 25.3 Å². The van der Waals surface area contributed by atoms with Crippen molar-refractivity contribution in [2.45, 2.75) is 43.6 Å². The number of alkyl carbamates (subject to hydrolysis) is 1. The van der Waals surface area contributed by atoms with E-state index >= 15 is 0 Å². The van der Waals surface area contributed by atoms with E-state index in [9.17, 15) is 4.79 Å². The second-order valence-electron chi connectivity index (χ2n) is 8.53. The Bertz CT molecular complexity index is 1090. The number of cyclic esters (lactones) is 1. The highest BCUT2D eigenvalue weighted by Gasteiger charge is 2.45. The fraction of sp³-hybridized carbons (Fsp3) is 0.346. The molecule has 1 saturated carbocycles. The number of allylic oxidation sites excluding steroid dienone is 1. The van der Waals surface area contributed by atoms with E-state index in [0.29, 0.717) is 12.5 Å². The standard InChI is InChI=1S/C26H25NO3/c1-29-24-4-2-3-18(14-24)5-6-19-7-8-21-15-22(10-9-20(21)13-19)23-11-12-26(16-23)17-30-25(28)27-26/h2-4,9-10,13-15,23H,7-8,11-12,16-17H2,1H3,(H,27,28)/t23-,26+/m0/s1. The van der Waals surface area contributed by atoms with E-state index in [1.54, 1.807) is 7.11 Å². The van der Waals surface area contributed by atoms with E-state index < -0.39 is 0 Å². The highest BCUT2D eigenvalue weighted by atomic mass is 16.6. The number of ether oxygens (including phenoxy) is 2. The molecule has 0 bridgehead atoms. The average molecular weight is 399 g/mol. The molecule has 4 nitrogen and oxygen atoms in total. The van der Waals surface area contributed by atoms with Gasteiger partial charge >= 0.3 is 6.09 Å². The number of fused-ring (bicyclic) bond motifs is 1. The zero-order chi connectivity index (χ0) is 20.6. The number of nitrogens with one attached hydrogen (secondary N) is 1. The van der Waals surface area contributed by atoms with E-state index in [2.05, 4.69) is 41.4 Å². The molecule has 2 atom stereocenters. The van der Waals surface area contributed by atoms with Crippen LogP contribution in [0.25, 0.3) is 6.08 Å². The van der Waals surface area contributed by atoms with Gasteiger partial charge in [0, 0.05) is 11.1 Å². The molecule has 152 valence electrons. The Morgan fingerprint density at radius 2 is 2.10 bits per heavy atom. The molecule has 0 radical (unpaired) electrons. The van der Waals surface area contributed by atoms with Crippen molar-refractivity contribution in [3.63, 3.8) is 0 Å². The maximum Gasteiger partial charge on any atom is 0.407 e. The molecule has 1 spiro atoms. The summed E-state index contributed by atoms with van der Waals surface area (Å²) in [4.78, 5) is 11.5. The second kappa shape index (κ2) is 7.57. The predicted molar refractivity (Wildman–Crippen MR) is 116 cm³/mol. The number of benzene rings is 2. The number of carbonyl (C=O) groups excluding carboxylic acids is 1. The maximum atomic E-state index is 11.5. The molecule has 2 aliphatic carbocycles. The van der Waals surface area contributed by atoms with E-state index in [1.807, 2.05) is 24.3 Å². The summed E-state index contributed by atoms with van der Waals surface area (Å²) in [6.45, 7) is 0.505.